The molecule has 0 aliphatic rings. The Bertz CT molecular complexity index is 573. The fourth-order valence-electron chi connectivity index (χ4n) is 1.58. The second kappa shape index (κ2) is 7.62. The molecule has 126 valence electrons. The molecule has 0 aliphatic heterocycles. The summed E-state index contributed by atoms with van der Waals surface area (Å²) in [6, 6.07) is 5.24. The fraction of sp³-hybridized carbons (Fsp3) is 0.438. The van der Waals surface area contributed by atoms with Crippen LogP contribution in [0.15, 0.2) is 24.3 Å². The molecule has 0 saturated carbocycles. The SMILES string of the molecule is CC(=O)OOc1ccc(C(=O)[C@H](C)NC(=O)OC(C)(C)C)cc1. The van der Waals surface area contributed by atoms with Gasteiger partial charge in [0.1, 0.15) is 5.60 Å². The van der Waals surface area contributed by atoms with Crippen molar-refractivity contribution in [3.05, 3.63) is 29.8 Å². The highest BCUT2D eigenvalue weighted by molar-refractivity contribution is 6.01. The van der Waals surface area contributed by atoms with E-state index in [0.29, 0.717) is 5.56 Å². The van der Waals surface area contributed by atoms with Crippen LogP contribution in [-0.4, -0.2) is 29.5 Å². The van der Waals surface area contributed by atoms with Crippen LogP contribution in [0.4, 0.5) is 4.79 Å². The Balaban J connectivity index is 2.62. The largest absolute Gasteiger partial charge is 0.444 e. The molecule has 0 unspecified atom stereocenters. The molecular formula is C16H21NO6. The summed E-state index contributed by atoms with van der Waals surface area (Å²) in [6.45, 7) is 7.99. The summed E-state index contributed by atoms with van der Waals surface area (Å²) < 4.78 is 5.10. The maximum atomic E-state index is 12.2. The molecule has 0 bridgehead atoms. The third-order valence-corrected chi connectivity index (χ3v) is 2.52. The monoisotopic (exact) mass is 323 g/mol. The number of carbonyl (C=O) groups is 3. The first-order valence-corrected chi connectivity index (χ1v) is 7.07. The van der Waals surface area contributed by atoms with E-state index in [1.165, 1.54) is 31.2 Å². The Morgan fingerprint density at radius 3 is 2.13 bits per heavy atom. The maximum absolute atomic E-state index is 12.2. The van der Waals surface area contributed by atoms with E-state index in [2.05, 4.69) is 10.2 Å². The van der Waals surface area contributed by atoms with Crippen molar-refractivity contribution < 1.29 is 28.9 Å². The molecule has 0 spiro atoms. The highest BCUT2D eigenvalue weighted by atomic mass is 17.2. The van der Waals surface area contributed by atoms with E-state index in [1.54, 1.807) is 27.7 Å². The molecule has 1 N–H and O–H groups in total. The number of hydrogen-bond donors (Lipinski definition) is 1. The number of alkyl carbamates (subject to hydrolysis) is 1. The van der Waals surface area contributed by atoms with E-state index in [4.69, 9.17) is 9.62 Å². The van der Waals surface area contributed by atoms with Crippen molar-refractivity contribution in [1.29, 1.82) is 0 Å². The quantitative estimate of drug-likeness (QED) is 0.509. The molecule has 0 aromatic heterocycles. The Kier molecular flexibility index (Phi) is 6.12. The van der Waals surface area contributed by atoms with Gasteiger partial charge >= 0.3 is 12.1 Å². The maximum Gasteiger partial charge on any atom is 0.408 e. The number of hydrogen-bond acceptors (Lipinski definition) is 6. The normalized spacial score (nSPS) is 12.0. The molecule has 23 heavy (non-hydrogen) atoms. The number of ether oxygens (including phenoxy) is 1. The molecule has 1 rings (SSSR count). The lowest BCUT2D eigenvalue weighted by molar-refractivity contribution is -0.210. The number of carbonyl (C=O) groups excluding carboxylic acids is 3. The lowest BCUT2D eigenvalue weighted by Crippen LogP contribution is -2.41. The van der Waals surface area contributed by atoms with Crippen molar-refractivity contribution in [2.24, 2.45) is 0 Å². The third-order valence-electron chi connectivity index (χ3n) is 2.52. The van der Waals surface area contributed by atoms with Crippen LogP contribution in [0.2, 0.25) is 0 Å². The minimum atomic E-state index is -0.745. The van der Waals surface area contributed by atoms with Crippen LogP contribution < -0.4 is 10.2 Å². The Morgan fingerprint density at radius 2 is 1.65 bits per heavy atom. The molecule has 1 atom stereocenters. The molecule has 1 aromatic carbocycles. The smallest absolute Gasteiger partial charge is 0.408 e. The van der Waals surface area contributed by atoms with Crippen LogP contribution >= 0.6 is 0 Å². The van der Waals surface area contributed by atoms with Crippen molar-refractivity contribution in [1.82, 2.24) is 5.32 Å². The number of ketones is 1. The second-order valence-electron chi connectivity index (χ2n) is 5.91. The lowest BCUT2D eigenvalue weighted by Gasteiger charge is -2.21. The zero-order valence-electron chi connectivity index (χ0n) is 13.8. The van der Waals surface area contributed by atoms with Crippen LogP contribution in [0.5, 0.6) is 5.75 Å². The summed E-state index contributed by atoms with van der Waals surface area (Å²) in [5.41, 5.74) is -0.258. The molecule has 7 heteroatoms. The van der Waals surface area contributed by atoms with Gasteiger partial charge in [0.15, 0.2) is 11.5 Å². The standard InChI is InChI=1S/C16H21NO6/c1-10(17-15(20)21-16(3,4)5)14(19)12-6-8-13(9-7-12)23-22-11(2)18/h6-10H,1-5H3,(H,17,20)/t10-/m0/s1. The first-order chi connectivity index (χ1) is 10.6. The van der Waals surface area contributed by atoms with Gasteiger partial charge in [0.05, 0.1) is 6.04 Å². The molecule has 0 aliphatic carbocycles. The van der Waals surface area contributed by atoms with Crippen molar-refractivity contribution in [2.75, 3.05) is 0 Å². The number of Topliss-reactive ketones (excluding diaryl/α,β-unsaturated/α-hetero) is 1. The Morgan fingerprint density at radius 1 is 1.09 bits per heavy atom. The van der Waals surface area contributed by atoms with Gasteiger partial charge in [0.2, 0.25) is 0 Å². The van der Waals surface area contributed by atoms with Gasteiger partial charge in [-0.25, -0.2) is 9.59 Å². The van der Waals surface area contributed by atoms with Crippen molar-refractivity contribution in [3.63, 3.8) is 0 Å². The second-order valence-corrected chi connectivity index (χ2v) is 5.91. The molecule has 1 amide bonds. The van der Waals surface area contributed by atoms with Gasteiger partial charge in [-0.3, -0.25) is 14.6 Å². The fourth-order valence-corrected chi connectivity index (χ4v) is 1.58. The van der Waals surface area contributed by atoms with Gasteiger partial charge in [-0.2, -0.15) is 0 Å². The molecular weight excluding hydrogens is 302 g/mol. The average molecular weight is 323 g/mol. The van der Waals surface area contributed by atoms with E-state index in [-0.39, 0.29) is 11.5 Å². The summed E-state index contributed by atoms with van der Waals surface area (Å²) in [4.78, 5) is 43.6. The Hall–Kier alpha value is -2.57. The summed E-state index contributed by atoms with van der Waals surface area (Å²) in [6.07, 6.45) is -0.659. The summed E-state index contributed by atoms with van der Waals surface area (Å²) in [5.74, 6) is -0.584. The average Bonchev–Trinajstić information content (AvgIpc) is 2.42. The number of rotatable bonds is 5. The van der Waals surface area contributed by atoms with Gasteiger partial charge in [-0.05, 0) is 52.0 Å². The van der Waals surface area contributed by atoms with Crippen molar-refractivity contribution in [3.8, 4) is 5.75 Å². The molecule has 0 heterocycles. The topological polar surface area (TPSA) is 90.9 Å². The highest BCUT2D eigenvalue weighted by Gasteiger charge is 2.21. The molecule has 0 fully saturated rings. The summed E-state index contributed by atoms with van der Waals surface area (Å²) >= 11 is 0. The summed E-state index contributed by atoms with van der Waals surface area (Å²) in [5, 5.41) is 2.48. The highest BCUT2D eigenvalue weighted by Crippen LogP contribution is 2.14. The first kappa shape index (κ1) is 18.5. The van der Waals surface area contributed by atoms with Crippen LogP contribution in [0, 0.1) is 0 Å². The van der Waals surface area contributed by atoms with Gasteiger partial charge in [-0.1, -0.05) is 0 Å². The van der Waals surface area contributed by atoms with E-state index < -0.39 is 23.7 Å². The number of amides is 1. The predicted octanol–water partition coefficient (Wildman–Crippen LogP) is 2.64. The van der Waals surface area contributed by atoms with Crippen LogP contribution in [0.25, 0.3) is 0 Å². The van der Waals surface area contributed by atoms with E-state index in [0.717, 1.165) is 0 Å². The van der Waals surface area contributed by atoms with Gasteiger partial charge in [0.25, 0.3) is 0 Å². The molecule has 0 radical (unpaired) electrons. The van der Waals surface area contributed by atoms with E-state index in [1.807, 2.05) is 0 Å². The number of benzene rings is 1. The van der Waals surface area contributed by atoms with Gasteiger partial charge in [0, 0.05) is 12.5 Å². The number of nitrogens with one attached hydrogen (secondary N) is 1. The van der Waals surface area contributed by atoms with Crippen LogP contribution in [0.3, 0.4) is 0 Å². The van der Waals surface area contributed by atoms with Gasteiger partial charge in [-0.15, -0.1) is 0 Å². The third kappa shape index (κ3) is 6.82. The van der Waals surface area contributed by atoms with Crippen LogP contribution in [-0.2, 0) is 14.4 Å². The van der Waals surface area contributed by atoms with Crippen molar-refractivity contribution >= 4 is 17.8 Å². The molecule has 0 saturated heterocycles. The zero-order valence-corrected chi connectivity index (χ0v) is 13.8. The lowest BCUT2D eigenvalue weighted by atomic mass is 10.1. The minimum Gasteiger partial charge on any atom is -0.444 e. The van der Waals surface area contributed by atoms with E-state index >= 15 is 0 Å². The minimum absolute atomic E-state index is 0.282. The predicted molar refractivity (Wildman–Crippen MR) is 82.0 cm³/mol. The van der Waals surface area contributed by atoms with E-state index in [9.17, 15) is 14.4 Å². The van der Waals surface area contributed by atoms with Crippen LogP contribution in [0.1, 0.15) is 45.0 Å². The zero-order chi connectivity index (χ0) is 17.6. The molecule has 7 nitrogen and oxygen atoms in total. The summed E-state index contributed by atoms with van der Waals surface area (Å²) in [7, 11) is 0. The van der Waals surface area contributed by atoms with Crippen molar-refractivity contribution in [2.45, 2.75) is 46.3 Å². The van der Waals surface area contributed by atoms with Gasteiger partial charge < -0.3 is 10.1 Å². The first-order valence-electron chi connectivity index (χ1n) is 7.07. The molecule has 1 aromatic rings. The Labute approximate surface area is 134 Å².